The number of benzene rings is 2. The summed E-state index contributed by atoms with van der Waals surface area (Å²) in [6.07, 6.45) is 2.83. The largest absolute Gasteiger partial charge is 0.335 e. The van der Waals surface area contributed by atoms with Gasteiger partial charge in [-0.15, -0.1) is 0 Å². The second kappa shape index (κ2) is 8.34. The van der Waals surface area contributed by atoms with Crippen molar-refractivity contribution in [3.63, 3.8) is 0 Å². The number of nitrogens with one attached hydrogen (secondary N) is 1. The first-order chi connectivity index (χ1) is 15.1. The van der Waals surface area contributed by atoms with Crippen molar-refractivity contribution in [1.82, 2.24) is 14.8 Å². The van der Waals surface area contributed by atoms with Crippen molar-refractivity contribution in [2.45, 2.75) is 32.2 Å². The van der Waals surface area contributed by atoms with Crippen molar-refractivity contribution >= 4 is 29.1 Å². The Kier molecular flexibility index (Phi) is 5.55. The molecule has 31 heavy (non-hydrogen) atoms. The molecule has 0 aliphatic carbocycles. The van der Waals surface area contributed by atoms with E-state index in [9.17, 15) is 4.79 Å². The van der Waals surface area contributed by atoms with Crippen molar-refractivity contribution in [3.05, 3.63) is 75.4 Å². The first kappa shape index (κ1) is 20.6. The summed E-state index contributed by atoms with van der Waals surface area (Å²) in [5.41, 5.74) is 5.82. The van der Waals surface area contributed by atoms with E-state index in [2.05, 4.69) is 21.7 Å². The fourth-order valence-corrected chi connectivity index (χ4v) is 5.41. The number of hydrogen-bond donors (Lipinski definition) is 1. The lowest BCUT2D eigenvalue weighted by atomic mass is 9.97. The molecule has 0 radical (unpaired) electrons. The third-order valence-corrected chi connectivity index (χ3v) is 7.11. The van der Waals surface area contributed by atoms with E-state index >= 15 is 0 Å². The zero-order valence-electron chi connectivity index (χ0n) is 17.5. The number of aromatic nitrogens is 1. The second-order valence-corrected chi connectivity index (χ2v) is 9.16. The Hall–Kier alpha value is -2.27. The molecule has 6 heteroatoms. The molecule has 1 N–H and O–H groups in total. The van der Waals surface area contributed by atoms with Crippen LogP contribution in [-0.4, -0.2) is 41.1 Å². The zero-order valence-corrected chi connectivity index (χ0v) is 19.0. The molecule has 1 fully saturated rings. The molecule has 0 unspecified atom stereocenters. The van der Waals surface area contributed by atoms with Gasteiger partial charge in [-0.25, -0.2) is 0 Å². The fraction of sp³-hybridized carbons (Fsp3) is 0.320. The maximum atomic E-state index is 13.7. The van der Waals surface area contributed by atoms with Gasteiger partial charge in [0, 0.05) is 29.7 Å². The summed E-state index contributed by atoms with van der Waals surface area (Å²) in [6.45, 7) is 4.73. The maximum Gasteiger partial charge on any atom is 0.256 e. The van der Waals surface area contributed by atoms with Crippen LogP contribution in [0.1, 0.15) is 34.5 Å². The van der Waals surface area contributed by atoms with Gasteiger partial charge in [-0.2, -0.15) is 0 Å². The summed E-state index contributed by atoms with van der Waals surface area (Å²) in [5.74, 6) is 0.145. The summed E-state index contributed by atoms with van der Waals surface area (Å²) in [6, 6.07) is 16.0. The van der Waals surface area contributed by atoms with Gasteiger partial charge in [-0.05, 0) is 68.2 Å². The normalized spacial score (nSPS) is 17.1. The van der Waals surface area contributed by atoms with Crippen molar-refractivity contribution in [2.24, 2.45) is 0 Å². The van der Waals surface area contributed by atoms with Gasteiger partial charge in [0.05, 0.1) is 22.0 Å². The molecule has 1 saturated heterocycles. The molecule has 4 nitrogen and oxygen atoms in total. The molecule has 3 aromatic rings. The molecule has 0 spiro atoms. The number of carbonyl (C=O) groups is 1. The lowest BCUT2D eigenvalue weighted by Gasteiger charge is -2.37. The lowest BCUT2D eigenvalue weighted by molar-refractivity contribution is 0.0621. The monoisotopic (exact) mass is 453 g/mol. The van der Waals surface area contributed by atoms with Crippen molar-refractivity contribution in [2.75, 3.05) is 19.6 Å². The molecule has 0 saturated carbocycles. The van der Waals surface area contributed by atoms with Crippen LogP contribution in [0.2, 0.25) is 10.0 Å². The minimum absolute atomic E-state index is 0.145. The van der Waals surface area contributed by atoms with Crippen LogP contribution in [0, 0.1) is 6.92 Å². The van der Waals surface area contributed by atoms with Gasteiger partial charge in [0.2, 0.25) is 0 Å². The molecular weight excluding hydrogens is 429 g/mol. The number of nitrogens with zero attached hydrogens (tertiary/aromatic N) is 2. The highest BCUT2D eigenvalue weighted by atomic mass is 35.5. The Bertz CT molecular complexity index is 1130. The highest BCUT2D eigenvalue weighted by molar-refractivity contribution is 6.32. The van der Waals surface area contributed by atoms with Crippen molar-refractivity contribution < 1.29 is 4.79 Å². The third-order valence-electron chi connectivity index (χ3n) is 6.54. The Morgan fingerprint density at radius 2 is 1.71 bits per heavy atom. The van der Waals surface area contributed by atoms with E-state index < -0.39 is 0 Å². The van der Waals surface area contributed by atoms with Crippen LogP contribution in [0.25, 0.3) is 16.9 Å². The van der Waals surface area contributed by atoms with Gasteiger partial charge >= 0.3 is 0 Å². The molecule has 3 heterocycles. The predicted molar refractivity (Wildman–Crippen MR) is 127 cm³/mol. The van der Waals surface area contributed by atoms with Crippen LogP contribution >= 0.6 is 23.2 Å². The Balaban J connectivity index is 1.70. The molecule has 160 valence electrons. The Labute approximate surface area is 192 Å². The molecule has 1 aromatic heterocycles. The first-order valence-electron chi connectivity index (χ1n) is 10.8. The molecule has 2 aliphatic heterocycles. The molecule has 5 rings (SSSR count). The van der Waals surface area contributed by atoms with Crippen LogP contribution in [-0.2, 0) is 6.42 Å². The number of fused-ring (bicyclic) bond motifs is 1. The molecular formula is C25H25Cl2N3O. The average molecular weight is 454 g/mol. The average Bonchev–Trinajstić information content (AvgIpc) is 3.08. The van der Waals surface area contributed by atoms with Gasteiger partial charge < -0.3 is 14.8 Å². The number of hydrogen-bond acceptors (Lipinski definition) is 2. The van der Waals surface area contributed by atoms with E-state index in [4.69, 9.17) is 23.2 Å². The number of carbonyl (C=O) groups excluding carboxylic acids is 1. The van der Waals surface area contributed by atoms with Gasteiger partial charge in [0.25, 0.3) is 5.91 Å². The number of amides is 1. The predicted octanol–water partition coefficient (Wildman–Crippen LogP) is 5.51. The molecule has 0 bridgehead atoms. The number of rotatable bonds is 3. The van der Waals surface area contributed by atoms with Gasteiger partial charge in [-0.3, -0.25) is 4.79 Å². The van der Waals surface area contributed by atoms with Crippen LogP contribution in [0.5, 0.6) is 0 Å². The van der Waals surface area contributed by atoms with Crippen LogP contribution in [0.4, 0.5) is 0 Å². The molecule has 2 aliphatic rings. The number of piperidine rings is 1. The Morgan fingerprint density at radius 3 is 2.42 bits per heavy atom. The van der Waals surface area contributed by atoms with E-state index in [1.807, 2.05) is 48.5 Å². The highest BCUT2D eigenvalue weighted by Gasteiger charge is 2.36. The molecule has 1 amide bonds. The maximum absolute atomic E-state index is 13.7. The van der Waals surface area contributed by atoms with Gasteiger partial charge in [0.15, 0.2) is 0 Å². The van der Waals surface area contributed by atoms with E-state index in [1.165, 1.54) is 0 Å². The highest BCUT2D eigenvalue weighted by Crippen LogP contribution is 2.39. The minimum Gasteiger partial charge on any atom is -0.335 e. The summed E-state index contributed by atoms with van der Waals surface area (Å²) < 4.78 is 2.19. The van der Waals surface area contributed by atoms with Crippen molar-refractivity contribution in [1.29, 1.82) is 0 Å². The topological polar surface area (TPSA) is 37.3 Å². The van der Waals surface area contributed by atoms with E-state index in [-0.39, 0.29) is 5.91 Å². The summed E-state index contributed by atoms with van der Waals surface area (Å²) in [4.78, 5) is 15.8. The Morgan fingerprint density at radius 1 is 1.00 bits per heavy atom. The van der Waals surface area contributed by atoms with Crippen molar-refractivity contribution in [3.8, 4) is 16.9 Å². The van der Waals surface area contributed by atoms with E-state index in [1.54, 1.807) is 0 Å². The summed E-state index contributed by atoms with van der Waals surface area (Å²) in [7, 11) is 0. The van der Waals surface area contributed by atoms with E-state index in [0.717, 1.165) is 72.7 Å². The summed E-state index contributed by atoms with van der Waals surface area (Å²) >= 11 is 12.8. The number of halogens is 2. The SMILES string of the molecule is Cc1c2c(n(-c3ccccc3Cl)c1-c1ccc(Cl)cc1)CCN(C1CCNCC1)C2=O. The van der Waals surface area contributed by atoms with Gasteiger partial charge in [0.1, 0.15) is 0 Å². The van der Waals surface area contributed by atoms with Crippen LogP contribution < -0.4 is 5.32 Å². The zero-order chi connectivity index (χ0) is 21.5. The van der Waals surface area contributed by atoms with Gasteiger partial charge in [-0.1, -0.05) is 47.5 Å². The minimum atomic E-state index is 0.145. The smallest absolute Gasteiger partial charge is 0.256 e. The second-order valence-electron chi connectivity index (χ2n) is 8.32. The molecule has 0 atom stereocenters. The fourth-order valence-electron chi connectivity index (χ4n) is 5.06. The van der Waals surface area contributed by atoms with Crippen LogP contribution in [0.15, 0.2) is 48.5 Å². The third kappa shape index (κ3) is 3.57. The quantitative estimate of drug-likeness (QED) is 0.567. The molecule has 2 aromatic carbocycles. The standard InChI is InChI=1S/C25H25Cl2N3O/c1-16-23-22(12-15-29(25(23)31)19-10-13-28-14-11-19)30(21-5-3-2-4-20(21)27)24(16)17-6-8-18(26)9-7-17/h2-9,19,28H,10-15H2,1H3. The lowest BCUT2D eigenvalue weighted by Crippen LogP contribution is -2.49. The summed E-state index contributed by atoms with van der Waals surface area (Å²) in [5, 5.41) is 4.76. The first-order valence-corrected chi connectivity index (χ1v) is 11.6. The number of para-hydroxylation sites is 1. The van der Waals surface area contributed by atoms with Crippen LogP contribution in [0.3, 0.4) is 0 Å². The van der Waals surface area contributed by atoms with E-state index in [0.29, 0.717) is 16.1 Å².